The van der Waals surface area contributed by atoms with Gasteiger partial charge in [-0.1, -0.05) is 149 Å². The van der Waals surface area contributed by atoms with Gasteiger partial charge < -0.3 is 25.2 Å². The SMILES string of the molecule is CCCCCCCCCCCCCCC(=O)OCC(O)COP(=O)(O)OCC(NC(=O)CCCCCCCCCCCCC)C(=O)O. The van der Waals surface area contributed by atoms with Crippen molar-refractivity contribution in [2.45, 2.75) is 187 Å². The largest absolute Gasteiger partial charge is 0.480 e. The molecule has 1 amide bonds. The first-order valence-corrected chi connectivity index (χ1v) is 20.1. The Hall–Kier alpha value is -1.52. The molecule has 0 aromatic rings. The summed E-state index contributed by atoms with van der Waals surface area (Å²) in [5.74, 6) is -2.36. The molecule has 4 N–H and O–H groups in total. The van der Waals surface area contributed by atoms with Crippen LogP contribution < -0.4 is 5.32 Å². The van der Waals surface area contributed by atoms with Crippen molar-refractivity contribution in [2.24, 2.45) is 0 Å². The van der Waals surface area contributed by atoms with E-state index in [2.05, 4.69) is 19.2 Å². The number of hydrogen-bond acceptors (Lipinski definition) is 8. The van der Waals surface area contributed by atoms with Gasteiger partial charge in [-0.2, -0.15) is 0 Å². The molecule has 0 aliphatic rings. The van der Waals surface area contributed by atoms with Crippen LogP contribution in [0.3, 0.4) is 0 Å². The van der Waals surface area contributed by atoms with Crippen molar-refractivity contribution in [3.05, 3.63) is 0 Å². The smallest absolute Gasteiger partial charge is 0.472 e. The van der Waals surface area contributed by atoms with Gasteiger partial charge in [-0.15, -0.1) is 0 Å². The predicted octanol–water partition coefficient (Wildman–Crippen LogP) is 8.39. The van der Waals surface area contributed by atoms with E-state index in [4.69, 9.17) is 13.8 Å². The van der Waals surface area contributed by atoms with Crippen LogP contribution in [0, 0.1) is 0 Å². The molecule has 12 heteroatoms. The lowest BCUT2D eigenvalue weighted by atomic mass is 10.0. The predicted molar refractivity (Wildman–Crippen MR) is 185 cm³/mol. The maximum atomic E-state index is 12.2. The number of ether oxygens (including phenoxy) is 1. The van der Waals surface area contributed by atoms with Crippen LogP contribution in [0.1, 0.15) is 174 Å². The van der Waals surface area contributed by atoms with Gasteiger partial charge in [0.25, 0.3) is 0 Å². The maximum Gasteiger partial charge on any atom is 0.472 e. The van der Waals surface area contributed by atoms with Gasteiger partial charge in [-0.3, -0.25) is 18.6 Å². The maximum absolute atomic E-state index is 12.2. The van der Waals surface area contributed by atoms with E-state index in [1.54, 1.807) is 0 Å². The molecule has 0 fully saturated rings. The van der Waals surface area contributed by atoms with Gasteiger partial charge in [-0.25, -0.2) is 9.36 Å². The molecular weight excluding hydrogens is 625 g/mol. The molecule has 0 heterocycles. The summed E-state index contributed by atoms with van der Waals surface area (Å²) in [6.07, 6.45) is 25.7. The average molecular weight is 694 g/mol. The van der Waals surface area contributed by atoms with E-state index in [0.717, 1.165) is 38.5 Å². The van der Waals surface area contributed by atoms with Gasteiger partial charge in [0.15, 0.2) is 6.04 Å². The third-order valence-electron chi connectivity index (χ3n) is 8.15. The second-order valence-corrected chi connectivity index (χ2v) is 14.2. The first-order valence-electron chi connectivity index (χ1n) is 18.6. The number of unbranched alkanes of at least 4 members (excludes halogenated alkanes) is 21. The topological polar surface area (TPSA) is 169 Å². The summed E-state index contributed by atoms with van der Waals surface area (Å²) in [6, 6.07) is -1.54. The first kappa shape index (κ1) is 45.5. The fraction of sp³-hybridized carbons (Fsp3) is 0.914. The van der Waals surface area contributed by atoms with Gasteiger partial charge in [-0.05, 0) is 12.8 Å². The van der Waals surface area contributed by atoms with Gasteiger partial charge in [0.1, 0.15) is 12.7 Å². The van der Waals surface area contributed by atoms with Crippen molar-refractivity contribution in [3.63, 3.8) is 0 Å². The van der Waals surface area contributed by atoms with Crippen LogP contribution in [0.4, 0.5) is 0 Å². The molecule has 0 spiro atoms. The van der Waals surface area contributed by atoms with Crippen LogP contribution in [-0.4, -0.2) is 64.9 Å². The summed E-state index contributed by atoms with van der Waals surface area (Å²) in [7, 11) is -4.74. The molecule has 11 nitrogen and oxygen atoms in total. The van der Waals surface area contributed by atoms with Gasteiger partial charge in [0.05, 0.1) is 13.2 Å². The fourth-order valence-electron chi connectivity index (χ4n) is 5.20. The Balaban J connectivity index is 3.96. The van der Waals surface area contributed by atoms with E-state index in [1.807, 2.05) is 0 Å². The molecule has 3 atom stereocenters. The minimum Gasteiger partial charge on any atom is -0.480 e. The molecule has 0 radical (unpaired) electrons. The number of aliphatic hydroxyl groups excluding tert-OH is 1. The van der Waals surface area contributed by atoms with Crippen molar-refractivity contribution >= 4 is 25.7 Å². The van der Waals surface area contributed by atoms with Crippen LogP contribution in [0.15, 0.2) is 0 Å². The Morgan fingerprint density at radius 2 is 0.979 bits per heavy atom. The van der Waals surface area contributed by atoms with E-state index in [0.29, 0.717) is 12.8 Å². The Labute approximate surface area is 284 Å². The number of hydrogen-bond donors (Lipinski definition) is 4. The third kappa shape index (κ3) is 31.5. The van der Waals surface area contributed by atoms with E-state index in [1.165, 1.54) is 96.3 Å². The van der Waals surface area contributed by atoms with E-state index >= 15 is 0 Å². The zero-order chi connectivity index (χ0) is 35.0. The summed E-state index contributed by atoms with van der Waals surface area (Å²) in [5, 5.41) is 21.7. The number of carbonyl (C=O) groups excluding carboxylic acids is 2. The zero-order valence-electron chi connectivity index (χ0n) is 29.6. The minimum atomic E-state index is -4.74. The molecule has 0 aromatic carbocycles. The summed E-state index contributed by atoms with van der Waals surface area (Å²) in [4.78, 5) is 45.6. The van der Waals surface area contributed by atoms with Crippen molar-refractivity contribution in [2.75, 3.05) is 19.8 Å². The number of carboxylic acid groups (broad SMARTS) is 1. The molecule has 0 aliphatic carbocycles. The Bertz CT molecular complexity index is 828. The lowest BCUT2D eigenvalue weighted by molar-refractivity contribution is -0.147. The normalized spacial score (nSPS) is 14.0. The summed E-state index contributed by atoms with van der Waals surface area (Å²) >= 11 is 0. The number of nitrogens with one attached hydrogen (secondary N) is 1. The van der Waals surface area contributed by atoms with Crippen LogP contribution in [-0.2, 0) is 32.7 Å². The highest BCUT2D eigenvalue weighted by molar-refractivity contribution is 7.47. The van der Waals surface area contributed by atoms with Crippen LogP contribution >= 0.6 is 7.82 Å². The molecule has 0 bridgehead atoms. The van der Waals surface area contributed by atoms with Crippen LogP contribution in [0.5, 0.6) is 0 Å². The van der Waals surface area contributed by atoms with Gasteiger partial charge in [0, 0.05) is 12.8 Å². The number of amides is 1. The lowest BCUT2D eigenvalue weighted by Gasteiger charge is -2.18. The van der Waals surface area contributed by atoms with Crippen molar-refractivity contribution in [1.29, 1.82) is 0 Å². The number of aliphatic carboxylic acids is 1. The second-order valence-electron chi connectivity index (χ2n) is 12.8. The Morgan fingerprint density at radius 1 is 0.596 bits per heavy atom. The molecule has 0 saturated heterocycles. The molecule has 278 valence electrons. The van der Waals surface area contributed by atoms with Gasteiger partial charge in [0.2, 0.25) is 5.91 Å². The van der Waals surface area contributed by atoms with Crippen molar-refractivity contribution < 1.29 is 47.8 Å². The molecule has 0 rings (SSSR count). The Morgan fingerprint density at radius 3 is 1.40 bits per heavy atom. The highest BCUT2D eigenvalue weighted by Crippen LogP contribution is 2.43. The quantitative estimate of drug-likeness (QED) is 0.0287. The third-order valence-corrected chi connectivity index (χ3v) is 9.10. The van der Waals surface area contributed by atoms with Gasteiger partial charge >= 0.3 is 19.8 Å². The van der Waals surface area contributed by atoms with Crippen LogP contribution in [0.25, 0.3) is 0 Å². The van der Waals surface area contributed by atoms with E-state index < -0.39 is 57.6 Å². The monoisotopic (exact) mass is 693 g/mol. The second kappa shape index (κ2) is 31.7. The molecule has 0 saturated carbocycles. The number of aliphatic hydroxyl groups is 1. The number of esters is 1. The van der Waals surface area contributed by atoms with Crippen molar-refractivity contribution in [1.82, 2.24) is 5.32 Å². The van der Waals surface area contributed by atoms with Crippen molar-refractivity contribution in [3.8, 4) is 0 Å². The Kier molecular flexibility index (Phi) is 30.7. The molecule has 0 aromatic heterocycles. The standard InChI is InChI=1S/C35H68NO10P/c1-3-5-7-9-11-13-15-17-19-21-23-25-27-34(39)44-28-31(37)29-45-47(42,43)46-30-32(35(40)41)36-33(38)26-24-22-20-18-16-14-12-10-8-6-4-2/h31-32,37H,3-30H2,1-2H3,(H,36,38)(H,40,41)(H,42,43). The highest BCUT2D eigenvalue weighted by atomic mass is 31.2. The van der Waals surface area contributed by atoms with E-state index in [-0.39, 0.29) is 12.8 Å². The number of phosphoric ester groups is 1. The highest BCUT2D eigenvalue weighted by Gasteiger charge is 2.28. The minimum absolute atomic E-state index is 0.151. The van der Waals surface area contributed by atoms with Crippen LogP contribution in [0.2, 0.25) is 0 Å². The first-order chi connectivity index (χ1) is 22.6. The number of carbonyl (C=O) groups is 3. The van der Waals surface area contributed by atoms with E-state index in [9.17, 15) is 34.1 Å². The number of rotatable bonds is 35. The summed E-state index contributed by atoms with van der Waals surface area (Å²) in [5.41, 5.74) is 0. The fourth-order valence-corrected chi connectivity index (χ4v) is 5.97. The zero-order valence-corrected chi connectivity index (χ0v) is 30.5. The number of carboxylic acids is 1. The lowest BCUT2D eigenvalue weighted by Crippen LogP contribution is -2.43. The average Bonchev–Trinajstić information content (AvgIpc) is 3.04. The summed E-state index contributed by atoms with van der Waals surface area (Å²) < 4.78 is 26.7. The molecular formula is C35H68NO10P. The molecule has 3 unspecified atom stereocenters. The molecule has 0 aliphatic heterocycles. The number of phosphoric acid groups is 1. The molecule has 47 heavy (non-hydrogen) atoms. The summed E-state index contributed by atoms with van der Waals surface area (Å²) in [6.45, 7) is 2.56.